The number of nitrogens with one attached hydrogen (secondary N) is 1. The molecule has 3 nitrogen and oxygen atoms in total. The fraction of sp³-hybridized carbons (Fsp3) is 1.00. The second-order valence-electron chi connectivity index (χ2n) is 5.69. The first-order valence-electron chi connectivity index (χ1n) is 7.56. The van der Waals surface area contributed by atoms with E-state index in [9.17, 15) is 5.11 Å². The maximum atomic E-state index is 9.75. The molecule has 0 heterocycles. The molecule has 2 atom stereocenters. The summed E-state index contributed by atoms with van der Waals surface area (Å²) in [5, 5.41) is 13.0. The SMILES string of the molecule is CCCCCCNC[C@@H](O)CO[C@H](C)CC(C)C. The van der Waals surface area contributed by atoms with E-state index in [1.54, 1.807) is 0 Å². The van der Waals surface area contributed by atoms with Gasteiger partial charge < -0.3 is 15.2 Å². The largest absolute Gasteiger partial charge is 0.389 e. The first-order chi connectivity index (χ1) is 8.56. The first kappa shape index (κ1) is 17.9. The zero-order valence-electron chi connectivity index (χ0n) is 12.7. The minimum Gasteiger partial charge on any atom is -0.389 e. The maximum absolute atomic E-state index is 9.75. The van der Waals surface area contributed by atoms with Crippen LogP contribution in [0.2, 0.25) is 0 Å². The lowest BCUT2D eigenvalue weighted by Gasteiger charge is -2.18. The maximum Gasteiger partial charge on any atom is 0.0897 e. The number of hydrogen-bond acceptors (Lipinski definition) is 3. The number of hydrogen-bond donors (Lipinski definition) is 2. The van der Waals surface area contributed by atoms with Crippen LogP contribution in [0.5, 0.6) is 0 Å². The Morgan fingerprint density at radius 2 is 1.83 bits per heavy atom. The third-order valence-electron chi connectivity index (χ3n) is 2.96. The smallest absolute Gasteiger partial charge is 0.0897 e. The Hall–Kier alpha value is -0.120. The molecule has 0 fully saturated rings. The Bertz CT molecular complexity index is 174. The summed E-state index contributed by atoms with van der Waals surface area (Å²) < 4.78 is 5.62. The van der Waals surface area contributed by atoms with Crippen LogP contribution in [0.4, 0.5) is 0 Å². The summed E-state index contributed by atoms with van der Waals surface area (Å²) in [5.41, 5.74) is 0. The van der Waals surface area contributed by atoms with Gasteiger partial charge in [0, 0.05) is 6.54 Å². The molecule has 0 aliphatic carbocycles. The van der Waals surface area contributed by atoms with Crippen molar-refractivity contribution in [2.75, 3.05) is 19.7 Å². The molecule has 0 aliphatic rings. The Morgan fingerprint density at radius 1 is 1.11 bits per heavy atom. The molecule has 0 bridgehead atoms. The number of aliphatic hydroxyl groups excluding tert-OH is 1. The van der Waals surface area contributed by atoms with Gasteiger partial charge in [0.1, 0.15) is 0 Å². The lowest BCUT2D eigenvalue weighted by Crippen LogP contribution is -2.32. The van der Waals surface area contributed by atoms with Crippen molar-refractivity contribution in [3.8, 4) is 0 Å². The first-order valence-corrected chi connectivity index (χ1v) is 7.56. The molecular formula is C15H33NO2. The molecule has 0 radical (unpaired) electrons. The molecular weight excluding hydrogens is 226 g/mol. The minimum atomic E-state index is -0.384. The molecule has 0 rings (SSSR count). The molecule has 2 N–H and O–H groups in total. The fourth-order valence-corrected chi connectivity index (χ4v) is 2.01. The number of unbranched alkanes of at least 4 members (excludes halogenated alkanes) is 3. The van der Waals surface area contributed by atoms with Crippen molar-refractivity contribution in [3.63, 3.8) is 0 Å². The van der Waals surface area contributed by atoms with E-state index in [2.05, 4.69) is 33.0 Å². The topological polar surface area (TPSA) is 41.5 Å². The zero-order chi connectivity index (χ0) is 13.8. The summed E-state index contributed by atoms with van der Waals surface area (Å²) in [7, 11) is 0. The van der Waals surface area contributed by atoms with Crippen molar-refractivity contribution in [3.05, 3.63) is 0 Å². The lowest BCUT2D eigenvalue weighted by molar-refractivity contribution is -0.00843. The number of aliphatic hydroxyl groups is 1. The van der Waals surface area contributed by atoms with E-state index in [4.69, 9.17) is 4.74 Å². The molecule has 0 unspecified atom stereocenters. The Labute approximate surface area is 113 Å². The van der Waals surface area contributed by atoms with Crippen LogP contribution < -0.4 is 5.32 Å². The van der Waals surface area contributed by atoms with Crippen molar-refractivity contribution in [1.29, 1.82) is 0 Å². The van der Waals surface area contributed by atoms with E-state index in [0.717, 1.165) is 13.0 Å². The van der Waals surface area contributed by atoms with Gasteiger partial charge in [-0.1, -0.05) is 40.0 Å². The standard InChI is InChI=1S/C15H33NO2/c1-5-6-7-8-9-16-11-15(17)12-18-14(4)10-13(2)3/h13-17H,5-12H2,1-4H3/t14-,15-/m1/s1. The molecule has 0 aliphatic heterocycles. The highest BCUT2D eigenvalue weighted by Crippen LogP contribution is 2.07. The number of rotatable bonds is 12. The molecule has 0 saturated carbocycles. The lowest BCUT2D eigenvalue weighted by atomic mass is 10.1. The van der Waals surface area contributed by atoms with Crippen LogP contribution in [-0.4, -0.2) is 37.0 Å². The van der Waals surface area contributed by atoms with Crippen molar-refractivity contribution >= 4 is 0 Å². The summed E-state index contributed by atoms with van der Waals surface area (Å²) in [6.07, 6.45) is 5.96. The van der Waals surface area contributed by atoms with E-state index in [0.29, 0.717) is 19.1 Å². The summed E-state index contributed by atoms with van der Waals surface area (Å²) in [6.45, 7) is 10.7. The Morgan fingerprint density at radius 3 is 2.44 bits per heavy atom. The average molecular weight is 259 g/mol. The van der Waals surface area contributed by atoms with Gasteiger partial charge in [-0.3, -0.25) is 0 Å². The highest BCUT2D eigenvalue weighted by Gasteiger charge is 2.09. The summed E-state index contributed by atoms with van der Waals surface area (Å²) in [4.78, 5) is 0. The van der Waals surface area contributed by atoms with Gasteiger partial charge in [-0.05, 0) is 32.2 Å². The van der Waals surface area contributed by atoms with E-state index >= 15 is 0 Å². The van der Waals surface area contributed by atoms with Crippen LogP contribution in [0.1, 0.15) is 59.8 Å². The second kappa shape index (κ2) is 11.9. The van der Waals surface area contributed by atoms with Gasteiger partial charge in [-0.25, -0.2) is 0 Å². The molecule has 3 heteroatoms. The quantitative estimate of drug-likeness (QED) is 0.529. The van der Waals surface area contributed by atoms with Gasteiger partial charge in [0.25, 0.3) is 0 Å². The molecule has 0 aromatic heterocycles. The molecule has 110 valence electrons. The van der Waals surface area contributed by atoms with E-state index in [-0.39, 0.29) is 12.2 Å². The van der Waals surface area contributed by atoms with E-state index < -0.39 is 0 Å². The summed E-state index contributed by atoms with van der Waals surface area (Å²) in [5.74, 6) is 0.647. The van der Waals surface area contributed by atoms with E-state index in [1.807, 2.05) is 0 Å². The molecule has 0 saturated heterocycles. The van der Waals surface area contributed by atoms with Gasteiger partial charge >= 0.3 is 0 Å². The van der Waals surface area contributed by atoms with Crippen LogP contribution in [-0.2, 0) is 4.74 Å². The highest BCUT2D eigenvalue weighted by molar-refractivity contribution is 4.61. The zero-order valence-corrected chi connectivity index (χ0v) is 12.7. The van der Waals surface area contributed by atoms with Gasteiger partial charge in [0.05, 0.1) is 18.8 Å². The minimum absolute atomic E-state index is 0.240. The van der Waals surface area contributed by atoms with Gasteiger partial charge in [0.15, 0.2) is 0 Å². The van der Waals surface area contributed by atoms with Gasteiger partial charge in [-0.2, -0.15) is 0 Å². The average Bonchev–Trinajstić information content (AvgIpc) is 2.30. The normalized spacial score (nSPS) is 15.0. The second-order valence-corrected chi connectivity index (χ2v) is 5.69. The third kappa shape index (κ3) is 12.3. The van der Waals surface area contributed by atoms with Crippen LogP contribution in [0.25, 0.3) is 0 Å². The van der Waals surface area contributed by atoms with Crippen LogP contribution in [0.15, 0.2) is 0 Å². The van der Waals surface area contributed by atoms with Crippen molar-refractivity contribution < 1.29 is 9.84 Å². The van der Waals surface area contributed by atoms with Gasteiger partial charge in [0.2, 0.25) is 0 Å². The van der Waals surface area contributed by atoms with Crippen molar-refractivity contribution in [2.24, 2.45) is 5.92 Å². The molecule has 0 aromatic rings. The van der Waals surface area contributed by atoms with Crippen LogP contribution in [0.3, 0.4) is 0 Å². The Balaban J connectivity index is 3.34. The third-order valence-corrected chi connectivity index (χ3v) is 2.96. The predicted octanol–water partition coefficient (Wildman–Crippen LogP) is 2.97. The summed E-state index contributed by atoms with van der Waals surface area (Å²) >= 11 is 0. The monoisotopic (exact) mass is 259 g/mol. The molecule has 0 amide bonds. The van der Waals surface area contributed by atoms with Gasteiger partial charge in [-0.15, -0.1) is 0 Å². The molecule has 18 heavy (non-hydrogen) atoms. The van der Waals surface area contributed by atoms with E-state index in [1.165, 1.54) is 25.7 Å². The fourth-order valence-electron chi connectivity index (χ4n) is 2.01. The van der Waals surface area contributed by atoms with Crippen molar-refractivity contribution in [2.45, 2.75) is 72.0 Å². The highest BCUT2D eigenvalue weighted by atomic mass is 16.5. The van der Waals surface area contributed by atoms with Crippen molar-refractivity contribution in [1.82, 2.24) is 5.32 Å². The number of ether oxygens (including phenoxy) is 1. The van der Waals surface area contributed by atoms with Crippen LogP contribution >= 0.6 is 0 Å². The molecule has 0 spiro atoms. The Kier molecular flexibility index (Phi) is 11.9. The molecule has 0 aromatic carbocycles. The predicted molar refractivity (Wildman–Crippen MR) is 77.9 cm³/mol. The van der Waals surface area contributed by atoms with Crippen LogP contribution in [0, 0.1) is 5.92 Å². The summed E-state index contributed by atoms with van der Waals surface area (Å²) in [6, 6.07) is 0.